The lowest BCUT2D eigenvalue weighted by Crippen LogP contribution is -2.42. The van der Waals surface area contributed by atoms with Gasteiger partial charge in [0.25, 0.3) is 0 Å². The molecule has 1 saturated heterocycles. The van der Waals surface area contributed by atoms with E-state index >= 15 is 0 Å². The van der Waals surface area contributed by atoms with Gasteiger partial charge in [-0.25, -0.2) is 17.1 Å². The standard InChI is InChI=1S/C20H19ClF4N2O3S/c21-16-6-5-15(20(23,24)25)11-18(16)26-19(28)13-7-9-27(10-8-13)31(29,30)12-14-3-1-2-4-17(14)22/h1-6,11,13H,7-10,12H2,(H,26,28). The van der Waals surface area contributed by atoms with Crippen molar-refractivity contribution in [3.8, 4) is 0 Å². The fourth-order valence-electron chi connectivity index (χ4n) is 3.33. The first kappa shape index (κ1) is 23.5. The van der Waals surface area contributed by atoms with Crippen LogP contribution >= 0.6 is 11.6 Å². The number of carbonyl (C=O) groups excluding carboxylic acids is 1. The number of anilines is 1. The first-order chi connectivity index (χ1) is 14.5. The molecule has 0 atom stereocenters. The van der Waals surface area contributed by atoms with Crippen LogP contribution in [-0.2, 0) is 26.7 Å². The van der Waals surface area contributed by atoms with Gasteiger partial charge < -0.3 is 5.32 Å². The molecular weight excluding hydrogens is 460 g/mol. The summed E-state index contributed by atoms with van der Waals surface area (Å²) in [5.41, 5.74) is -1.04. The number of rotatable bonds is 5. The number of benzene rings is 2. The van der Waals surface area contributed by atoms with Crippen molar-refractivity contribution in [2.75, 3.05) is 18.4 Å². The predicted octanol–water partition coefficient (Wildman–Crippen LogP) is 4.68. The Bertz CT molecular complexity index is 1070. The number of carbonyl (C=O) groups is 1. The number of nitrogens with zero attached hydrogens (tertiary/aromatic N) is 1. The number of alkyl halides is 3. The maximum absolute atomic E-state index is 13.8. The molecule has 5 nitrogen and oxygen atoms in total. The maximum Gasteiger partial charge on any atom is 0.416 e. The van der Waals surface area contributed by atoms with E-state index in [-0.39, 0.29) is 42.2 Å². The van der Waals surface area contributed by atoms with Gasteiger partial charge >= 0.3 is 6.18 Å². The van der Waals surface area contributed by atoms with Crippen molar-refractivity contribution >= 4 is 33.2 Å². The second-order valence-electron chi connectivity index (χ2n) is 7.20. The zero-order valence-corrected chi connectivity index (χ0v) is 17.7. The molecule has 11 heteroatoms. The Balaban J connectivity index is 1.62. The summed E-state index contributed by atoms with van der Waals surface area (Å²) in [7, 11) is -3.78. The summed E-state index contributed by atoms with van der Waals surface area (Å²) in [4.78, 5) is 12.5. The number of halogens is 5. The molecule has 0 spiro atoms. The Kier molecular flexibility index (Phi) is 6.92. The molecule has 0 saturated carbocycles. The molecule has 1 fully saturated rings. The molecule has 1 amide bonds. The van der Waals surface area contributed by atoms with Crippen LogP contribution in [0.4, 0.5) is 23.2 Å². The Labute approximate surface area is 182 Å². The third kappa shape index (κ3) is 5.75. The first-order valence-electron chi connectivity index (χ1n) is 9.36. The van der Waals surface area contributed by atoms with E-state index < -0.39 is 45.2 Å². The first-order valence-corrected chi connectivity index (χ1v) is 11.3. The molecule has 0 bridgehead atoms. The lowest BCUT2D eigenvalue weighted by atomic mass is 9.97. The van der Waals surface area contributed by atoms with Crippen molar-refractivity contribution in [2.24, 2.45) is 5.92 Å². The quantitative estimate of drug-likeness (QED) is 0.635. The Morgan fingerprint density at radius 3 is 2.39 bits per heavy atom. The highest BCUT2D eigenvalue weighted by atomic mass is 35.5. The van der Waals surface area contributed by atoms with Crippen molar-refractivity contribution in [1.82, 2.24) is 4.31 Å². The lowest BCUT2D eigenvalue weighted by Gasteiger charge is -2.30. The zero-order chi connectivity index (χ0) is 22.8. The highest BCUT2D eigenvalue weighted by Crippen LogP contribution is 2.34. The summed E-state index contributed by atoms with van der Waals surface area (Å²) in [6.45, 7) is 0.0936. The fourth-order valence-corrected chi connectivity index (χ4v) is 5.07. The summed E-state index contributed by atoms with van der Waals surface area (Å²) in [6.07, 6.45) is -4.22. The average molecular weight is 479 g/mol. The maximum atomic E-state index is 13.8. The summed E-state index contributed by atoms with van der Waals surface area (Å²) < 4.78 is 78.8. The van der Waals surface area contributed by atoms with Crippen LogP contribution in [0, 0.1) is 11.7 Å². The van der Waals surface area contributed by atoms with Gasteiger partial charge in [-0.05, 0) is 37.1 Å². The Morgan fingerprint density at radius 2 is 1.77 bits per heavy atom. The van der Waals surface area contributed by atoms with E-state index in [4.69, 9.17) is 11.6 Å². The lowest BCUT2D eigenvalue weighted by molar-refractivity contribution is -0.137. The van der Waals surface area contributed by atoms with Gasteiger partial charge in [0.2, 0.25) is 15.9 Å². The van der Waals surface area contributed by atoms with E-state index in [0.717, 1.165) is 18.2 Å². The molecule has 0 radical (unpaired) electrons. The number of hydrogen-bond acceptors (Lipinski definition) is 3. The molecule has 1 N–H and O–H groups in total. The van der Waals surface area contributed by atoms with Gasteiger partial charge in [0.15, 0.2) is 0 Å². The van der Waals surface area contributed by atoms with Crippen LogP contribution in [0.5, 0.6) is 0 Å². The molecule has 31 heavy (non-hydrogen) atoms. The molecule has 168 valence electrons. The van der Waals surface area contributed by atoms with E-state index in [1.807, 2.05) is 0 Å². The minimum absolute atomic E-state index is 0.0359. The van der Waals surface area contributed by atoms with Crippen LogP contribution in [0.1, 0.15) is 24.0 Å². The Morgan fingerprint density at radius 1 is 1.13 bits per heavy atom. The summed E-state index contributed by atoms with van der Waals surface area (Å²) >= 11 is 5.90. The monoisotopic (exact) mass is 478 g/mol. The highest BCUT2D eigenvalue weighted by molar-refractivity contribution is 7.88. The van der Waals surface area contributed by atoms with Crippen molar-refractivity contribution in [3.05, 3.63) is 64.4 Å². The van der Waals surface area contributed by atoms with Gasteiger partial charge in [-0.1, -0.05) is 29.8 Å². The topological polar surface area (TPSA) is 66.5 Å². The number of hydrogen-bond donors (Lipinski definition) is 1. The summed E-state index contributed by atoms with van der Waals surface area (Å²) in [5.74, 6) is -2.23. The van der Waals surface area contributed by atoms with Crippen LogP contribution in [0.3, 0.4) is 0 Å². The largest absolute Gasteiger partial charge is 0.416 e. The second-order valence-corrected chi connectivity index (χ2v) is 9.58. The third-order valence-electron chi connectivity index (χ3n) is 5.07. The van der Waals surface area contributed by atoms with Gasteiger partial charge in [-0.2, -0.15) is 13.2 Å². The van der Waals surface area contributed by atoms with Crippen LogP contribution < -0.4 is 5.32 Å². The molecule has 0 aliphatic carbocycles. The van der Waals surface area contributed by atoms with E-state index in [0.29, 0.717) is 0 Å². The van der Waals surface area contributed by atoms with E-state index in [9.17, 15) is 30.8 Å². The van der Waals surface area contributed by atoms with E-state index in [1.165, 1.54) is 22.5 Å². The van der Waals surface area contributed by atoms with Crippen LogP contribution in [0.2, 0.25) is 5.02 Å². The van der Waals surface area contributed by atoms with E-state index in [2.05, 4.69) is 5.32 Å². The minimum atomic E-state index is -4.58. The molecule has 1 aliphatic heterocycles. The van der Waals surface area contributed by atoms with Crippen molar-refractivity contribution in [2.45, 2.75) is 24.8 Å². The molecule has 3 rings (SSSR count). The number of piperidine rings is 1. The fraction of sp³-hybridized carbons (Fsp3) is 0.350. The predicted molar refractivity (Wildman–Crippen MR) is 108 cm³/mol. The van der Waals surface area contributed by atoms with Crippen LogP contribution in [0.25, 0.3) is 0 Å². The smallest absolute Gasteiger partial charge is 0.325 e. The highest BCUT2D eigenvalue weighted by Gasteiger charge is 2.33. The Hall–Kier alpha value is -2.17. The molecule has 1 heterocycles. The van der Waals surface area contributed by atoms with Gasteiger partial charge in [-0.15, -0.1) is 0 Å². The second kappa shape index (κ2) is 9.13. The average Bonchev–Trinajstić information content (AvgIpc) is 2.70. The SMILES string of the molecule is O=C(Nc1cc(C(F)(F)F)ccc1Cl)C1CCN(S(=O)(=O)Cc2ccccc2F)CC1. The summed E-state index contributed by atoms with van der Waals surface area (Å²) in [5, 5.41) is 2.37. The van der Waals surface area contributed by atoms with Crippen LogP contribution in [-0.4, -0.2) is 31.7 Å². The number of amides is 1. The third-order valence-corrected chi connectivity index (χ3v) is 7.22. The molecule has 0 aromatic heterocycles. The normalized spacial score (nSPS) is 16.3. The minimum Gasteiger partial charge on any atom is -0.325 e. The van der Waals surface area contributed by atoms with Gasteiger partial charge in [0.05, 0.1) is 22.0 Å². The summed E-state index contributed by atoms with van der Waals surface area (Å²) in [6, 6.07) is 8.21. The number of nitrogens with one attached hydrogen (secondary N) is 1. The molecule has 2 aromatic carbocycles. The van der Waals surface area contributed by atoms with Crippen molar-refractivity contribution < 1.29 is 30.8 Å². The van der Waals surface area contributed by atoms with Crippen LogP contribution in [0.15, 0.2) is 42.5 Å². The van der Waals surface area contributed by atoms with E-state index in [1.54, 1.807) is 6.07 Å². The van der Waals surface area contributed by atoms with Gasteiger partial charge in [0.1, 0.15) is 5.82 Å². The van der Waals surface area contributed by atoms with Crippen molar-refractivity contribution in [3.63, 3.8) is 0 Å². The van der Waals surface area contributed by atoms with Gasteiger partial charge in [-0.3, -0.25) is 4.79 Å². The van der Waals surface area contributed by atoms with Crippen molar-refractivity contribution in [1.29, 1.82) is 0 Å². The van der Waals surface area contributed by atoms with Gasteiger partial charge in [0, 0.05) is 24.6 Å². The zero-order valence-electron chi connectivity index (χ0n) is 16.1. The molecular formula is C20H19ClF4N2O3S. The number of sulfonamides is 1. The molecule has 1 aliphatic rings. The molecule has 0 unspecified atom stereocenters. The molecule has 2 aromatic rings.